The first-order valence-corrected chi connectivity index (χ1v) is 3.10. The molecule has 1 radical (unpaired) electrons. The Labute approximate surface area is 62.7 Å². The summed E-state index contributed by atoms with van der Waals surface area (Å²) in [6.07, 6.45) is -4.99. The predicted molar refractivity (Wildman–Crippen MR) is 35.0 cm³/mol. The minimum atomic E-state index is -4.12. The van der Waals surface area contributed by atoms with Crippen LogP contribution >= 0.6 is 0 Å². The lowest BCUT2D eigenvalue weighted by molar-refractivity contribution is -0.127. The molecule has 0 aliphatic carbocycles. The third-order valence-electron chi connectivity index (χ3n) is 1.18. The highest BCUT2D eigenvalue weighted by Crippen LogP contribution is 2.20. The molecule has 11 heavy (non-hydrogen) atoms. The lowest BCUT2D eigenvalue weighted by atomic mass is 10.1. The molecule has 0 N–H and O–H groups in total. The third-order valence-corrected chi connectivity index (χ3v) is 1.18. The molecule has 0 amide bonds. The van der Waals surface area contributed by atoms with E-state index in [1.807, 2.05) is 0 Å². The van der Waals surface area contributed by atoms with Crippen LogP contribution in [0.15, 0.2) is 24.3 Å². The van der Waals surface area contributed by atoms with E-state index in [0.717, 1.165) is 0 Å². The first-order chi connectivity index (χ1) is 5.08. The van der Waals surface area contributed by atoms with Crippen LogP contribution in [0.25, 0.3) is 0 Å². The van der Waals surface area contributed by atoms with Crippen molar-refractivity contribution >= 4 is 0 Å². The van der Waals surface area contributed by atoms with E-state index in [-0.39, 0.29) is 5.56 Å². The molecule has 3 heteroatoms. The lowest BCUT2D eigenvalue weighted by Gasteiger charge is -2.04. The highest BCUT2D eigenvalue weighted by Gasteiger charge is 2.27. The van der Waals surface area contributed by atoms with Gasteiger partial charge in [-0.05, 0) is 11.6 Å². The standard InChI is InChI=1S/C8H6F3/c9-8(10,11)6-7-4-2-1-3-5-7/h1-2,4-5H,6H2. The molecule has 1 aromatic carbocycles. The van der Waals surface area contributed by atoms with Gasteiger partial charge in [0.15, 0.2) is 0 Å². The van der Waals surface area contributed by atoms with Crippen LogP contribution in [0, 0.1) is 6.07 Å². The fourth-order valence-corrected chi connectivity index (χ4v) is 0.772. The zero-order valence-electron chi connectivity index (χ0n) is 5.65. The van der Waals surface area contributed by atoms with Crippen LogP contribution < -0.4 is 0 Å². The van der Waals surface area contributed by atoms with Gasteiger partial charge in [-0.3, -0.25) is 0 Å². The van der Waals surface area contributed by atoms with E-state index in [4.69, 9.17) is 0 Å². The van der Waals surface area contributed by atoms with Crippen LogP contribution in [0.2, 0.25) is 0 Å². The van der Waals surface area contributed by atoms with Gasteiger partial charge in [-0.2, -0.15) is 13.2 Å². The summed E-state index contributed by atoms with van der Waals surface area (Å²) in [6, 6.07) is 8.47. The minimum Gasteiger partial charge on any atom is -0.171 e. The molecule has 0 atom stereocenters. The number of benzene rings is 1. The van der Waals surface area contributed by atoms with E-state index < -0.39 is 12.6 Å². The van der Waals surface area contributed by atoms with Gasteiger partial charge in [0.1, 0.15) is 0 Å². The van der Waals surface area contributed by atoms with Gasteiger partial charge in [-0.1, -0.05) is 24.3 Å². The molecule has 0 fully saturated rings. The van der Waals surface area contributed by atoms with E-state index in [9.17, 15) is 13.2 Å². The van der Waals surface area contributed by atoms with Crippen molar-refractivity contribution in [1.29, 1.82) is 0 Å². The van der Waals surface area contributed by atoms with Crippen molar-refractivity contribution in [3.05, 3.63) is 35.9 Å². The van der Waals surface area contributed by atoms with Crippen molar-refractivity contribution in [2.75, 3.05) is 0 Å². The maximum absolute atomic E-state index is 11.7. The van der Waals surface area contributed by atoms with Crippen LogP contribution in [0.4, 0.5) is 13.2 Å². The molecule has 0 heterocycles. The van der Waals surface area contributed by atoms with Crippen LogP contribution in [0.3, 0.4) is 0 Å². The first-order valence-electron chi connectivity index (χ1n) is 3.10. The number of hydrogen-bond acceptors (Lipinski definition) is 0. The van der Waals surface area contributed by atoms with E-state index in [2.05, 4.69) is 6.07 Å². The molecule has 0 saturated heterocycles. The van der Waals surface area contributed by atoms with Crippen molar-refractivity contribution in [1.82, 2.24) is 0 Å². The molecule has 0 nitrogen and oxygen atoms in total. The molecule has 0 bridgehead atoms. The van der Waals surface area contributed by atoms with Gasteiger partial charge in [-0.15, -0.1) is 0 Å². The summed E-state index contributed by atoms with van der Waals surface area (Å²) in [7, 11) is 0. The van der Waals surface area contributed by atoms with Gasteiger partial charge >= 0.3 is 6.18 Å². The second-order valence-electron chi connectivity index (χ2n) is 2.20. The zero-order chi connectivity index (χ0) is 8.32. The molecule has 0 saturated carbocycles. The summed E-state index contributed by atoms with van der Waals surface area (Å²) >= 11 is 0. The largest absolute Gasteiger partial charge is 0.393 e. The van der Waals surface area contributed by atoms with Crippen molar-refractivity contribution in [3.8, 4) is 0 Å². The zero-order valence-corrected chi connectivity index (χ0v) is 5.65. The van der Waals surface area contributed by atoms with E-state index >= 15 is 0 Å². The van der Waals surface area contributed by atoms with Gasteiger partial charge < -0.3 is 0 Å². The Morgan fingerprint density at radius 2 is 2.09 bits per heavy atom. The van der Waals surface area contributed by atoms with E-state index in [1.54, 1.807) is 12.1 Å². The van der Waals surface area contributed by atoms with Crippen molar-refractivity contribution in [3.63, 3.8) is 0 Å². The predicted octanol–water partition coefficient (Wildman–Crippen LogP) is 2.59. The lowest BCUT2D eigenvalue weighted by Crippen LogP contribution is -2.11. The Hall–Kier alpha value is -0.990. The SMILES string of the molecule is FC(F)(F)Cc1c[c]ccc1. The third kappa shape index (κ3) is 3.07. The number of rotatable bonds is 1. The van der Waals surface area contributed by atoms with E-state index in [0.29, 0.717) is 0 Å². The Morgan fingerprint density at radius 1 is 1.36 bits per heavy atom. The van der Waals surface area contributed by atoms with Crippen LogP contribution in [0.5, 0.6) is 0 Å². The van der Waals surface area contributed by atoms with Gasteiger partial charge in [0, 0.05) is 0 Å². The Bertz CT molecular complexity index is 213. The minimum absolute atomic E-state index is 0.250. The van der Waals surface area contributed by atoms with Crippen molar-refractivity contribution in [2.24, 2.45) is 0 Å². The van der Waals surface area contributed by atoms with Crippen LogP contribution in [-0.4, -0.2) is 6.18 Å². The quantitative estimate of drug-likeness (QED) is 0.590. The first kappa shape index (κ1) is 8.11. The average Bonchev–Trinajstić information content (AvgIpc) is 1.85. The average molecular weight is 159 g/mol. The van der Waals surface area contributed by atoms with Gasteiger partial charge in [0.25, 0.3) is 0 Å². The van der Waals surface area contributed by atoms with Gasteiger partial charge in [0.05, 0.1) is 6.42 Å². The van der Waals surface area contributed by atoms with Crippen LogP contribution in [0.1, 0.15) is 5.56 Å². The monoisotopic (exact) mass is 159 g/mol. The fourth-order valence-electron chi connectivity index (χ4n) is 0.772. The molecular formula is C8H6F3. The molecule has 0 aliphatic rings. The molecule has 0 spiro atoms. The fraction of sp³-hybridized carbons (Fsp3) is 0.250. The summed E-state index contributed by atoms with van der Waals surface area (Å²) in [4.78, 5) is 0. The summed E-state index contributed by atoms with van der Waals surface area (Å²) in [5, 5.41) is 0. The highest BCUT2D eigenvalue weighted by molar-refractivity contribution is 5.14. The summed E-state index contributed by atoms with van der Waals surface area (Å²) in [5.74, 6) is 0. The van der Waals surface area contributed by atoms with Crippen molar-refractivity contribution < 1.29 is 13.2 Å². The summed E-state index contributed by atoms with van der Waals surface area (Å²) < 4.78 is 35.2. The summed E-state index contributed by atoms with van der Waals surface area (Å²) in [5.41, 5.74) is 0.250. The Morgan fingerprint density at radius 3 is 2.55 bits per heavy atom. The molecule has 0 unspecified atom stereocenters. The normalized spacial score (nSPS) is 11.5. The molecule has 59 valence electrons. The topological polar surface area (TPSA) is 0 Å². The molecule has 1 rings (SSSR count). The molecule has 1 aromatic rings. The molecule has 0 aromatic heterocycles. The van der Waals surface area contributed by atoms with Crippen molar-refractivity contribution in [2.45, 2.75) is 12.6 Å². The number of alkyl halides is 3. The van der Waals surface area contributed by atoms with E-state index in [1.165, 1.54) is 12.1 Å². The smallest absolute Gasteiger partial charge is 0.171 e. The van der Waals surface area contributed by atoms with Crippen LogP contribution in [-0.2, 0) is 6.42 Å². The highest BCUT2D eigenvalue weighted by atomic mass is 19.4. The van der Waals surface area contributed by atoms with Gasteiger partial charge in [-0.25, -0.2) is 0 Å². The second-order valence-corrected chi connectivity index (χ2v) is 2.20. The Kier molecular flexibility index (Phi) is 2.17. The second kappa shape index (κ2) is 2.95. The molecular weight excluding hydrogens is 153 g/mol. The molecule has 0 aliphatic heterocycles. The van der Waals surface area contributed by atoms with Gasteiger partial charge in [0.2, 0.25) is 0 Å². The maximum Gasteiger partial charge on any atom is 0.393 e. The number of hydrogen-bond donors (Lipinski definition) is 0. The maximum atomic E-state index is 11.7. The Balaban J connectivity index is 2.66. The summed E-state index contributed by atoms with van der Waals surface area (Å²) in [6.45, 7) is 0. The number of halogens is 3.